The Morgan fingerprint density at radius 3 is 2.18 bits per heavy atom. The lowest BCUT2D eigenvalue weighted by molar-refractivity contribution is -0.150. The Balaban J connectivity index is 2.38. The Hall–Kier alpha value is -0.620. The van der Waals surface area contributed by atoms with Gasteiger partial charge in [0.25, 0.3) is 0 Å². The van der Waals surface area contributed by atoms with Crippen LogP contribution in [-0.2, 0) is 4.79 Å². The molecule has 0 aromatic carbocycles. The first-order valence-corrected chi connectivity index (χ1v) is 5.89. The third-order valence-electron chi connectivity index (χ3n) is 3.17. The molecule has 0 aromatic heterocycles. The van der Waals surface area contributed by atoms with Crippen molar-refractivity contribution in [2.24, 2.45) is 0 Å². The monoisotopic (exact) mass is 252 g/mol. The molecule has 0 saturated carbocycles. The molecule has 0 radical (unpaired) electrons. The van der Waals surface area contributed by atoms with Crippen molar-refractivity contribution in [1.29, 1.82) is 0 Å². The first-order chi connectivity index (χ1) is 7.83. The van der Waals surface area contributed by atoms with Crippen molar-refractivity contribution in [3.05, 3.63) is 0 Å². The maximum atomic E-state index is 12.2. The second-order valence-corrected chi connectivity index (χ2v) is 4.42. The molecule has 1 unspecified atom stereocenters. The molecule has 0 bridgehead atoms. The second kappa shape index (κ2) is 5.82. The summed E-state index contributed by atoms with van der Waals surface area (Å²) in [7, 11) is 0. The molecule has 1 fully saturated rings. The molecule has 3 nitrogen and oxygen atoms in total. The average Bonchev–Trinajstić information content (AvgIpc) is 2.26. The maximum Gasteiger partial charge on any atom is 0.401 e. The Bertz CT molecular complexity index is 260. The number of Topliss-reactive ketones (excluding diaryl/α,β-unsaturated/α-hetero) is 1. The van der Waals surface area contributed by atoms with Crippen molar-refractivity contribution in [2.45, 2.75) is 32.5 Å². The highest BCUT2D eigenvalue weighted by Gasteiger charge is 2.33. The third-order valence-corrected chi connectivity index (χ3v) is 3.17. The predicted octanol–water partition coefficient (Wildman–Crippen LogP) is 1.53. The Morgan fingerprint density at radius 1 is 1.24 bits per heavy atom. The molecule has 1 saturated heterocycles. The van der Waals surface area contributed by atoms with Gasteiger partial charge in [-0.1, -0.05) is 6.92 Å². The molecule has 0 aromatic rings. The number of nitrogens with zero attached hydrogens (tertiary/aromatic N) is 2. The molecular formula is C11H19F3N2O. The van der Waals surface area contributed by atoms with Crippen molar-refractivity contribution in [3.63, 3.8) is 0 Å². The van der Waals surface area contributed by atoms with Crippen LogP contribution in [0, 0.1) is 0 Å². The highest BCUT2D eigenvalue weighted by molar-refractivity contribution is 5.83. The summed E-state index contributed by atoms with van der Waals surface area (Å²) in [6.07, 6.45) is -3.66. The molecule has 1 heterocycles. The number of rotatable bonds is 4. The molecule has 100 valence electrons. The fourth-order valence-corrected chi connectivity index (χ4v) is 2.06. The minimum atomic E-state index is -4.13. The summed E-state index contributed by atoms with van der Waals surface area (Å²) in [6.45, 7) is 4.59. The minimum absolute atomic E-state index is 0.147. The van der Waals surface area contributed by atoms with Crippen LogP contribution in [0.3, 0.4) is 0 Å². The van der Waals surface area contributed by atoms with Gasteiger partial charge in [-0.05, 0) is 6.92 Å². The summed E-state index contributed by atoms with van der Waals surface area (Å²) in [5.41, 5.74) is 0. The van der Waals surface area contributed by atoms with E-state index in [0.29, 0.717) is 32.6 Å². The van der Waals surface area contributed by atoms with E-state index in [4.69, 9.17) is 0 Å². The van der Waals surface area contributed by atoms with Gasteiger partial charge in [-0.25, -0.2) is 0 Å². The standard InChI is InChI=1S/C11H19F3N2O/c1-3-10(17)9(2)16-6-4-15(5-7-16)8-11(12,13)14/h9H,3-8H2,1-2H3. The zero-order chi connectivity index (χ0) is 13.1. The van der Waals surface area contributed by atoms with Crippen molar-refractivity contribution >= 4 is 5.78 Å². The molecular weight excluding hydrogens is 233 g/mol. The zero-order valence-electron chi connectivity index (χ0n) is 10.3. The summed E-state index contributed by atoms with van der Waals surface area (Å²) >= 11 is 0. The fraction of sp³-hybridized carbons (Fsp3) is 0.909. The van der Waals surface area contributed by atoms with Crippen LogP contribution in [-0.4, -0.2) is 60.5 Å². The number of hydrogen-bond donors (Lipinski definition) is 0. The van der Waals surface area contributed by atoms with Gasteiger partial charge in [0.05, 0.1) is 12.6 Å². The van der Waals surface area contributed by atoms with Crippen LogP contribution in [0.1, 0.15) is 20.3 Å². The van der Waals surface area contributed by atoms with Gasteiger partial charge in [-0.3, -0.25) is 14.6 Å². The topological polar surface area (TPSA) is 23.6 Å². The summed E-state index contributed by atoms with van der Waals surface area (Å²) < 4.78 is 36.5. The van der Waals surface area contributed by atoms with Gasteiger partial charge >= 0.3 is 6.18 Å². The smallest absolute Gasteiger partial charge is 0.298 e. The normalized spacial score (nSPS) is 21.5. The molecule has 1 aliphatic heterocycles. The number of hydrogen-bond acceptors (Lipinski definition) is 3. The third kappa shape index (κ3) is 4.63. The number of piperazine rings is 1. The molecule has 1 atom stereocenters. The number of ketones is 1. The van der Waals surface area contributed by atoms with Crippen LogP contribution in [0.4, 0.5) is 13.2 Å². The van der Waals surface area contributed by atoms with E-state index in [1.807, 2.05) is 11.8 Å². The van der Waals surface area contributed by atoms with Crippen LogP contribution >= 0.6 is 0 Å². The van der Waals surface area contributed by atoms with Crippen LogP contribution in [0.2, 0.25) is 0 Å². The summed E-state index contributed by atoms with van der Waals surface area (Å²) in [5, 5.41) is 0. The van der Waals surface area contributed by atoms with Gasteiger partial charge < -0.3 is 0 Å². The molecule has 0 aliphatic carbocycles. The number of carbonyl (C=O) groups excluding carboxylic acids is 1. The molecule has 1 aliphatic rings. The van der Waals surface area contributed by atoms with E-state index in [-0.39, 0.29) is 11.8 Å². The summed E-state index contributed by atoms with van der Waals surface area (Å²) in [4.78, 5) is 14.8. The van der Waals surface area contributed by atoms with E-state index in [2.05, 4.69) is 0 Å². The zero-order valence-corrected chi connectivity index (χ0v) is 10.3. The highest BCUT2D eigenvalue weighted by Crippen LogP contribution is 2.18. The number of halogens is 3. The average molecular weight is 252 g/mol. The van der Waals surface area contributed by atoms with Gasteiger partial charge in [0.15, 0.2) is 0 Å². The maximum absolute atomic E-state index is 12.2. The van der Waals surface area contributed by atoms with Gasteiger partial charge in [0, 0.05) is 32.6 Å². The van der Waals surface area contributed by atoms with Crippen LogP contribution < -0.4 is 0 Å². The lowest BCUT2D eigenvalue weighted by atomic mass is 10.1. The molecule has 1 rings (SSSR count). The SMILES string of the molecule is CCC(=O)C(C)N1CCN(CC(F)(F)F)CC1. The first kappa shape index (κ1) is 14.4. The second-order valence-electron chi connectivity index (χ2n) is 4.42. The van der Waals surface area contributed by atoms with E-state index >= 15 is 0 Å². The van der Waals surface area contributed by atoms with Crippen LogP contribution in [0.5, 0.6) is 0 Å². The summed E-state index contributed by atoms with van der Waals surface area (Å²) in [5.74, 6) is 0.147. The summed E-state index contributed by atoms with van der Waals surface area (Å²) in [6, 6.07) is -0.173. The highest BCUT2D eigenvalue weighted by atomic mass is 19.4. The van der Waals surface area contributed by atoms with Gasteiger partial charge in [0.1, 0.15) is 5.78 Å². The van der Waals surface area contributed by atoms with E-state index in [0.717, 1.165) is 0 Å². The molecule has 0 amide bonds. The Kier molecular flexibility index (Phi) is 4.94. The van der Waals surface area contributed by atoms with Crippen molar-refractivity contribution in [3.8, 4) is 0 Å². The molecule has 6 heteroatoms. The van der Waals surface area contributed by atoms with E-state index in [9.17, 15) is 18.0 Å². The molecule has 0 N–H and O–H groups in total. The first-order valence-electron chi connectivity index (χ1n) is 5.89. The quantitative estimate of drug-likeness (QED) is 0.758. The predicted molar refractivity (Wildman–Crippen MR) is 58.8 cm³/mol. The van der Waals surface area contributed by atoms with Crippen molar-refractivity contribution < 1.29 is 18.0 Å². The largest absolute Gasteiger partial charge is 0.401 e. The van der Waals surface area contributed by atoms with Crippen molar-refractivity contribution in [1.82, 2.24) is 9.80 Å². The Labute approximate surface area is 99.6 Å². The van der Waals surface area contributed by atoms with E-state index in [1.165, 1.54) is 4.90 Å². The molecule has 0 spiro atoms. The van der Waals surface area contributed by atoms with E-state index < -0.39 is 12.7 Å². The van der Waals surface area contributed by atoms with Crippen molar-refractivity contribution in [2.75, 3.05) is 32.7 Å². The van der Waals surface area contributed by atoms with E-state index in [1.54, 1.807) is 6.92 Å². The molecule has 17 heavy (non-hydrogen) atoms. The van der Waals surface area contributed by atoms with Gasteiger partial charge in [-0.15, -0.1) is 0 Å². The number of carbonyl (C=O) groups is 1. The lowest BCUT2D eigenvalue weighted by Crippen LogP contribution is -2.53. The Morgan fingerprint density at radius 2 is 1.76 bits per heavy atom. The lowest BCUT2D eigenvalue weighted by Gasteiger charge is -2.37. The van der Waals surface area contributed by atoms with Crippen LogP contribution in [0.25, 0.3) is 0 Å². The van der Waals surface area contributed by atoms with Gasteiger partial charge in [-0.2, -0.15) is 13.2 Å². The van der Waals surface area contributed by atoms with Gasteiger partial charge in [0.2, 0.25) is 0 Å². The fourth-order valence-electron chi connectivity index (χ4n) is 2.06. The minimum Gasteiger partial charge on any atom is -0.298 e. The van der Waals surface area contributed by atoms with Crippen LogP contribution in [0.15, 0.2) is 0 Å². The number of alkyl halides is 3.